The van der Waals surface area contributed by atoms with Gasteiger partial charge in [-0.3, -0.25) is 4.79 Å². The summed E-state index contributed by atoms with van der Waals surface area (Å²) < 4.78 is 6.07. The molecule has 0 aliphatic heterocycles. The predicted molar refractivity (Wildman–Crippen MR) is 170 cm³/mol. The van der Waals surface area contributed by atoms with Crippen LogP contribution in [0.5, 0.6) is 0 Å². The lowest BCUT2D eigenvalue weighted by Crippen LogP contribution is -2.51. The first kappa shape index (κ1) is 32.1. The molecular weight excluding hydrogens is 488 g/mol. The van der Waals surface area contributed by atoms with Gasteiger partial charge in [-0.25, -0.2) is 0 Å². The van der Waals surface area contributed by atoms with Crippen molar-refractivity contribution in [2.24, 2.45) is 46.3 Å². The number of unbranched alkanes of at least 4 members (excludes halogenated alkanes) is 7. The summed E-state index contributed by atoms with van der Waals surface area (Å²) in [6, 6.07) is 0. The number of rotatable bonds is 15. The molecule has 4 aliphatic carbocycles. The van der Waals surface area contributed by atoms with Gasteiger partial charge in [-0.15, -0.1) is 0 Å². The maximum absolute atomic E-state index is 12.7. The number of allylic oxidation sites excluding steroid dienone is 1. The fourth-order valence-electron chi connectivity index (χ4n) is 10.4. The molecule has 0 amide bonds. The van der Waals surface area contributed by atoms with Crippen molar-refractivity contribution in [1.29, 1.82) is 0 Å². The van der Waals surface area contributed by atoms with E-state index in [4.69, 9.17) is 4.74 Å². The van der Waals surface area contributed by atoms with Crippen LogP contribution in [-0.2, 0) is 9.53 Å². The van der Waals surface area contributed by atoms with Gasteiger partial charge in [0.05, 0.1) is 0 Å². The quantitative estimate of drug-likeness (QED) is 0.114. The second-order valence-electron chi connectivity index (χ2n) is 15.9. The summed E-state index contributed by atoms with van der Waals surface area (Å²) in [6.45, 7) is 14.9. The highest BCUT2D eigenvalue weighted by atomic mass is 16.5. The Bertz CT molecular complexity index is 827. The molecule has 3 saturated carbocycles. The number of carbonyl (C=O) groups is 1. The van der Waals surface area contributed by atoms with Crippen LogP contribution in [0.15, 0.2) is 11.6 Å². The maximum atomic E-state index is 12.7. The van der Waals surface area contributed by atoms with E-state index in [1.54, 1.807) is 5.57 Å². The number of esters is 1. The second kappa shape index (κ2) is 14.6. The van der Waals surface area contributed by atoms with E-state index < -0.39 is 0 Å². The van der Waals surface area contributed by atoms with Gasteiger partial charge in [-0.05, 0) is 97.7 Å². The molecule has 0 aromatic carbocycles. The van der Waals surface area contributed by atoms with Crippen LogP contribution in [0, 0.1) is 46.3 Å². The summed E-state index contributed by atoms with van der Waals surface area (Å²) in [6.07, 6.45) is 28.1. The van der Waals surface area contributed by atoms with Crippen molar-refractivity contribution in [3.05, 3.63) is 11.6 Å². The van der Waals surface area contributed by atoms with E-state index in [1.807, 2.05) is 0 Å². The molecule has 0 heterocycles. The number of fused-ring (bicyclic) bond motifs is 5. The van der Waals surface area contributed by atoms with Gasteiger partial charge >= 0.3 is 5.97 Å². The molecule has 230 valence electrons. The molecule has 0 bridgehead atoms. The number of carbonyl (C=O) groups excluding carboxylic acids is 1. The minimum atomic E-state index is 0.0572. The Kier molecular flexibility index (Phi) is 11.7. The molecule has 3 fully saturated rings. The van der Waals surface area contributed by atoms with Crippen LogP contribution in [0.3, 0.4) is 0 Å². The zero-order valence-electron chi connectivity index (χ0n) is 27.6. The number of hydrogen-bond acceptors (Lipinski definition) is 2. The molecule has 4 rings (SSSR count). The Morgan fingerprint density at radius 1 is 0.875 bits per heavy atom. The van der Waals surface area contributed by atoms with Gasteiger partial charge in [0.1, 0.15) is 6.10 Å². The first-order chi connectivity index (χ1) is 19.2. The SMILES string of the molecule is CCCCCCCCCCC(=O)O[C@H]1CC[C@@]2(C)C(=CC[C@H]3[C@@H]4CC[C@@H]([C@@H](C)CCCC(C)C)[C@@]4(C)CC[C@@H]32)C1. The summed E-state index contributed by atoms with van der Waals surface area (Å²) in [5, 5.41) is 0. The monoisotopic (exact) mass is 555 g/mol. The summed E-state index contributed by atoms with van der Waals surface area (Å²) in [5.74, 6) is 5.34. The maximum Gasteiger partial charge on any atom is 0.306 e. The first-order valence-electron chi connectivity index (χ1n) is 18.1. The molecule has 0 saturated heterocycles. The zero-order valence-corrected chi connectivity index (χ0v) is 27.6. The van der Waals surface area contributed by atoms with Gasteiger partial charge in [0.25, 0.3) is 0 Å². The van der Waals surface area contributed by atoms with E-state index in [2.05, 4.69) is 47.6 Å². The molecule has 0 aromatic heterocycles. The molecule has 4 aliphatic rings. The summed E-state index contributed by atoms with van der Waals surface area (Å²) in [4.78, 5) is 12.7. The number of ether oxygens (including phenoxy) is 1. The Hall–Kier alpha value is -0.790. The van der Waals surface area contributed by atoms with E-state index >= 15 is 0 Å². The van der Waals surface area contributed by atoms with Crippen molar-refractivity contribution >= 4 is 5.97 Å². The van der Waals surface area contributed by atoms with Crippen molar-refractivity contribution in [1.82, 2.24) is 0 Å². The second-order valence-corrected chi connectivity index (χ2v) is 15.9. The van der Waals surface area contributed by atoms with Gasteiger partial charge in [0.15, 0.2) is 0 Å². The molecule has 2 heteroatoms. The Labute approximate surface area is 249 Å². The lowest BCUT2D eigenvalue weighted by molar-refractivity contribution is -0.151. The third-order valence-electron chi connectivity index (χ3n) is 12.8. The average molecular weight is 555 g/mol. The van der Waals surface area contributed by atoms with Crippen molar-refractivity contribution in [3.63, 3.8) is 0 Å². The first-order valence-corrected chi connectivity index (χ1v) is 18.1. The molecule has 0 aromatic rings. The standard InChI is InChI=1S/C38H66O2/c1-7-8-9-10-11-12-13-14-18-36(39)40-31-23-25-37(5)30(27-31)19-20-32-34-22-21-33(29(4)17-15-16-28(2)3)38(34,6)26-24-35(32)37/h19,28-29,31-35H,7-18,20-27H2,1-6H3/t29-,31-,32-,33-,34-,35-,37-,38+/m0/s1. The van der Waals surface area contributed by atoms with Gasteiger partial charge in [0.2, 0.25) is 0 Å². The molecule has 0 radical (unpaired) electrons. The van der Waals surface area contributed by atoms with Crippen LogP contribution in [0.1, 0.15) is 170 Å². The Morgan fingerprint density at radius 3 is 2.33 bits per heavy atom. The minimum absolute atomic E-state index is 0.0572. The Balaban J connectivity index is 1.26. The molecule has 40 heavy (non-hydrogen) atoms. The van der Waals surface area contributed by atoms with Crippen molar-refractivity contribution in [2.45, 2.75) is 176 Å². The normalized spacial score (nSPS) is 36.0. The third kappa shape index (κ3) is 7.40. The van der Waals surface area contributed by atoms with Crippen LogP contribution in [0.4, 0.5) is 0 Å². The van der Waals surface area contributed by atoms with Crippen LogP contribution in [-0.4, -0.2) is 12.1 Å². The topological polar surface area (TPSA) is 26.3 Å². The smallest absolute Gasteiger partial charge is 0.306 e. The average Bonchev–Trinajstić information content (AvgIpc) is 3.27. The summed E-state index contributed by atoms with van der Waals surface area (Å²) in [7, 11) is 0. The van der Waals surface area contributed by atoms with Crippen molar-refractivity contribution < 1.29 is 9.53 Å². The van der Waals surface area contributed by atoms with E-state index in [0.717, 1.165) is 54.8 Å². The highest BCUT2D eigenvalue weighted by molar-refractivity contribution is 5.69. The highest BCUT2D eigenvalue weighted by Gasteiger charge is 2.59. The summed E-state index contributed by atoms with van der Waals surface area (Å²) in [5.41, 5.74) is 2.54. The van der Waals surface area contributed by atoms with Crippen LogP contribution in [0.25, 0.3) is 0 Å². The molecule has 0 spiro atoms. The van der Waals surface area contributed by atoms with E-state index in [9.17, 15) is 4.79 Å². The van der Waals surface area contributed by atoms with E-state index in [1.165, 1.54) is 103 Å². The lowest BCUT2D eigenvalue weighted by atomic mass is 9.47. The van der Waals surface area contributed by atoms with Crippen molar-refractivity contribution in [2.75, 3.05) is 0 Å². The summed E-state index contributed by atoms with van der Waals surface area (Å²) >= 11 is 0. The van der Waals surface area contributed by atoms with E-state index in [0.29, 0.717) is 17.3 Å². The van der Waals surface area contributed by atoms with Gasteiger partial charge in [-0.2, -0.15) is 0 Å². The largest absolute Gasteiger partial charge is 0.462 e. The predicted octanol–water partition coefficient (Wildman–Crippen LogP) is 11.5. The van der Waals surface area contributed by atoms with Crippen LogP contribution in [0.2, 0.25) is 0 Å². The van der Waals surface area contributed by atoms with Gasteiger partial charge in [0, 0.05) is 12.8 Å². The molecule has 2 nitrogen and oxygen atoms in total. The fraction of sp³-hybridized carbons (Fsp3) is 0.921. The molecular formula is C38H66O2. The zero-order chi connectivity index (χ0) is 28.8. The van der Waals surface area contributed by atoms with Gasteiger partial charge < -0.3 is 4.74 Å². The Morgan fingerprint density at radius 2 is 1.60 bits per heavy atom. The highest BCUT2D eigenvalue weighted by Crippen LogP contribution is 2.67. The number of hydrogen-bond donors (Lipinski definition) is 0. The third-order valence-corrected chi connectivity index (χ3v) is 12.8. The van der Waals surface area contributed by atoms with Crippen LogP contribution < -0.4 is 0 Å². The molecule has 8 atom stereocenters. The van der Waals surface area contributed by atoms with Gasteiger partial charge in [-0.1, -0.05) is 117 Å². The molecule has 0 N–H and O–H groups in total. The lowest BCUT2D eigenvalue weighted by Gasteiger charge is -2.58. The van der Waals surface area contributed by atoms with Crippen LogP contribution >= 0.6 is 0 Å². The van der Waals surface area contributed by atoms with Crippen molar-refractivity contribution in [3.8, 4) is 0 Å². The van der Waals surface area contributed by atoms with E-state index in [-0.39, 0.29) is 12.1 Å². The minimum Gasteiger partial charge on any atom is -0.462 e. The fourth-order valence-corrected chi connectivity index (χ4v) is 10.4. The molecule has 0 unspecified atom stereocenters.